The van der Waals surface area contributed by atoms with Gasteiger partial charge in [-0.1, -0.05) is 0 Å². The second-order valence-electron chi connectivity index (χ2n) is 1.24. The van der Waals surface area contributed by atoms with Crippen LogP contribution in [0.1, 0.15) is 12.8 Å². The molecule has 9 heavy (non-hydrogen) atoms. The second-order valence-corrected chi connectivity index (χ2v) is 1.24. The van der Waals surface area contributed by atoms with Crippen LogP contribution in [-0.2, 0) is 19.5 Å². The monoisotopic (exact) mass is 208 g/mol. The van der Waals surface area contributed by atoms with Gasteiger partial charge in [-0.3, -0.25) is 0 Å². The number of allylic oxidation sites excluding steroid dienone is 2. The molecular weight excluding hydrogens is 203 g/mol. The Morgan fingerprint density at radius 2 is 1.78 bits per heavy atom. The first kappa shape index (κ1) is 22.4. The van der Waals surface area contributed by atoms with Gasteiger partial charge in [-0.25, -0.2) is 18.6 Å². The Hall–Kier alpha value is 1.41. The number of halogens is 2. The smallest absolute Gasteiger partial charge is 1.00 e. The van der Waals surface area contributed by atoms with Crippen molar-refractivity contribution in [2.75, 3.05) is 0 Å². The molecule has 0 spiro atoms. The van der Waals surface area contributed by atoms with E-state index < -0.39 is 0 Å². The zero-order valence-corrected chi connectivity index (χ0v) is 10.1. The van der Waals surface area contributed by atoms with Crippen molar-refractivity contribution in [3.05, 3.63) is 18.6 Å². The molecule has 4 heteroatoms. The van der Waals surface area contributed by atoms with Crippen molar-refractivity contribution in [3.63, 3.8) is 0 Å². The minimum atomic E-state index is 0. The van der Waals surface area contributed by atoms with Gasteiger partial charge < -0.3 is 24.8 Å². The van der Waals surface area contributed by atoms with E-state index in [0.29, 0.717) is 0 Å². The fourth-order valence-electron chi connectivity index (χ4n) is 0.481. The van der Waals surface area contributed by atoms with Crippen LogP contribution in [0.2, 0.25) is 0 Å². The third-order valence-electron chi connectivity index (χ3n) is 0.772. The quantitative estimate of drug-likeness (QED) is 0.275. The molecule has 0 aromatic carbocycles. The Labute approximate surface area is 94.0 Å². The second kappa shape index (κ2) is 16.2. The van der Waals surface area contributed by atoms with Crippen LogP contribution in [0, 0.1) is 6.42 Å². The van der Waals surface area contributed by atoms with Crippen LogP contribution >= 0.6 is 0 Å². The molecule has 0 saturated carbocycles. The average Bonchev–Trinajstić information content (AvgIpc) is 1.76. The first-order valence-corrected chi connectivity index (χ1v) is 1.98. The van der Waals surface area contributed by atoms with E-state index in [4.69, 9.17) is 0 Å². The summed E-state index contributed by atoms with van der Waals surface area (Å²) in [6.07, 6.45) is 9.00. The van der Waals surface area contributed by atoms with Crippen LogP contribution in [0.5, 0.6) is 0 Å². The van der Waals surface area contributed by atoms with Crippen molar-refractivity contribution in [2.45, 2.75) is 12.8 Å². The Morgan fingerprint density at radius 3 is 1.89 bits per heavy atom. The first-order valence-electron chi connectivity index (χ1n) is 1.98. The van der Waals surface area contributed by atoms with Crippen LogP contribution in [0.15, 0.2) is 12.2 Å². The molecule has 0 saturated heterocycles. The summed E-state index contributed by atoms with van der Waals surface area (Å²) in [4.78, 5) is 0. The van der Waals surface area contributed by atoms with E-state index in [1.54, 1.807) is 0 Å². The van der Waals surface area contributed by atoms with E-state index in [2.05, 4.69) is 18.6 Å². The molecule has 0 amide bonds. The summed E-state index contributed by atoms with van der Waals surface area (Å²) in [7, 11) is 0. The minimum absolute atomic E-state index is 0. The third kappa shape index (κ3) is 12.6. The van der Waals surface area contributed by atoms with Gasteiger partial charge in [0.05, 0.1) is 0 Å². The molecule has 44 valence electrons. The van der Waals surface area contributed by atoms with E-state index in [9.17, 15) is 0 Å². The Bertz CT molecular complexity index is 52.9. The molecule has 0 fully saturated rings. The zero-order valence-electron chi connectivity index (χ0n) is 5.61. The summed E-state index contributed by atoms with van der Waals surface area (Å²) < 4.78 is 0. The normalized spacial score (nSPS) is 10.7. The Balaban J connectivity index is -0.0000000312. The zero-order chi connectivity index (χ0) is 3.54. The molecule has 0 bridgehead atoms. The minimum Gasteiger partial charge on any atom is -1.00 e. The molecule has 0 N–H and O–H groups in total. The van der Waals surface area contributed by atoms with E-state index in [-0.39, 0.29) is 63.2 Å². The van der Waals surface area contributed by atoms with Gasteiger partial charge in [0, 0.05) is 0 Å². The number of hydrogen-bond donors (Lipinski definition) is 0. The van der Waals surface area contributed by atoms with Gasteiger partial charge in [-0.05, 0) is 0 Å². The largest absolute Gasteiger partial charge is 2.00 e. The molecule has 0 aromatic heterocycles. The predicted octanol–water partition coefficient (Wildman–Crippen LogP) is -7.45. The van der Waals surface area contributed by atoms with Gasteiger partial charge in [0.1, 0.15) is 0 Å². The summed E-state index contributed by atoms with van der Waals surface area (Å²) >= 11 is 0. The molecule has 0 nitrogen and oxygen atoms in total. The summed E-state index contributed by atoms with van der Waals surface area (Å²) in [5.74, 6) is 0. The molecule has 0 aromatic rings. The van der Waals surface area contributed by atoms with Crippen molar-refractivity contribution in [1.29, 1.82) is 0 Å². The van der Waals surface area contributed by atoms with Gasteiger partial charge in [-0.15, -0.1) is 12.8 Å². The molecular formula is C5H7Cl2LiZn. The third-order valence-corrected chi connectivity index (χ3v) is 0.772. The maximum atomic E-state index is 2.18. The number of rotatable bonds is 0. The molecule has 1 rings (SSSR count). The fraction of sp³-hybridized carbons (Fsp3) is 0.400. The van der Waals surface area contributed by atoms with Crippen LogP contribution in [0.4, 0.5) is 0 Å². The molecule has 0 unspecified atom stereocenters. The van der Waals surface area contributed by atoms with Crippen molar-refractivity contribution >= 4 is 0 Å². The van der Waals surface area contributed by atoms with Crippen molar-refractivity contribution in [2.24, 2.45) is 0 Å². The fourth-order valence-corrected chi connectivity index (χ4v) is 0.481. The topological polar surface area (TPSA) is 0 Å². The Kier molecular flexibility index (Phi) is 40.4. The van der Waals surface area contributed by atoms with Crippen LogP contribution in [0.25, 0.3) is 0 Å². The number of hydrogen-bond acceptors (Lipinski definition) is 0. The maximum absolute atomic E-state index is 2.18. The average molecular weight is 210 g/mol. The van der Waals surface area contributed by atoms with Gasteiger partial charge in [-0.2, -0.15) is 0 Å². The standard InChI is InChI=1S/C5H7.2ClH.Li.Zn/c1-2-4-5-3-1;;;;/h1-3H,4-5H2;2*1H;;/q-1;;;+1;+2/p-2. The van der Waals surface area contributed by atoms with E-state index >= 15 is 0 Å². The molecule has 0 radical (unpaired) electrons. The molecule has 1 aliphatic rings. The van der Waals surface area contributed by atoms with Gasteiger partial charge in [0.2, 0.25) is 0 Å². The van der Waals surface area contributed by atoms with Gasteiger partial charge in [0.15, 0.2) is 0 Å². The van der Waals surface area contributed by atoms with Crippen LogP contribution < -0.4 is 43.7 Å². The van der Waals surface area contributed by atoms with Crippen molar-refractivity contribution in [1.82, 2.24) is 0 Å². The predicted molar refractivity (Wildman–Crippen MR) is 22.7 cm³/mol. The Morgan fingerprint density at radius 1 is 1.22 bits per heavy atom. The van der Waals surface area contributed by atoms with E-state index in [1.165, 1.54) is 12.8 Å². The maximum Gasteiger partial charge on any atom is 2.00 e. The summed E-state index contributed by atoms with van der Waals surface area (Å²) in [6, 6.07) is 0. The summed E-state index contributed by atoms with van der Waals surface area (Å²) in [5.41, 5.74) is 0. The van der Waals surface area contributed by atoms with Gasteiger partial charge >= 0.3 is 38.3 Å². The molecule has 0 atom stereocenters. The SMILES string of the molecule is C1=CCC[CH-]1.[Cl-].[Cl-].[Li+].[Zn+2]. The first-order chi connectivity index (χ1) is 2.50. The van der Waals surface area contributed by atoms with Gasteiger partial charge in [0.25, 0.3) is 0 Å². The summed E-state index contributed by atoms with van der Waals surface area (Å²) in [5, 5.41) is 0. The van der Waals surface area contributed by atoms with Crippen LogP contribution in [-0.4, -0.2) is 0 Å². The van der Waals surface area contributed by atoms with Crippen molar-refractivity contribution < 1.29 is 63.2 Å². The van der Waals surface area contributed by atoms with E-state index in [0.717, 1.165) is 0 Å². The van der Waals surface area contributed by atoms with Crippen LogP contribution in [0.3, 0.4) is 0 Å². The van der Waals surface area contributed by atoms with Crippen molar-refractivity contribution in [3.8, 4) is 0 Å². The van der Waals surface area contributed by atoms with E-state index in [1.807, 2.05) is 0 Å². The molecule has 0 heterocycles. The molecule has 1 aliphatic carbocycles. The molecule has 0 aliphatic heterocycles. The summed E-state index contributed by atoms with van der Waals surface area (Å²) in [6.45, 7) is 0.